The lowest BCUT2D eigenvalue weighted by atomic mass is 9.96. The third kappa shape index (κ3) is 6.93. The first-order valence-electron chi connectivity index (χ1n) is 7.02. The van der Waals surface area contributed by atoms with E-state index < -0.39 is 30.4 Å². The molecule has 0 aromatic heterocycles. The van der Waals surface area contributed by atoms with E-state index in [0.717, 1.165) is 18.6 Å². The molecule has 0 unspecified atom stereocenters. The summed E-state index contributed by atoms with van der Waals surface area (Å²) in [5.74, 6) is 0.0344. The summed E-state index contributed by atoms with van der Waals surface area (Å²) in [5, 5.41) is 9.97. The molecule has 0 heterocycles. The molecule has 1 rings (SSSR count). The van der Waals surface area contributed by atoms with Gasteiger partial charge in [0.05, 0.1) is 12.1 Å². The Morgan fingerprint density at radius 2 is 1.65 bits per heavy atom. The Balaban J connectivity index is 0.00000484. The van der Waals surface area contributed by atoms with Gasteiger partial charge in [-0.05, 0) is 36.5 Å². The first-order valence-corrected chi connectivity index (χ1v) is 7.02. The predicted molar refractivity (Wildman–Crippen MR) is 82.3 cm³/mol. The van der Waals surface area contributed by atoms with Crippen LogP contribution >= 0.6 is 12.4 Å². The first-order chi connectivity index (χ1) is 10.1. The fourth-order valence-electron chi connectivity index (χ4n) is 1.87. The van der Waals surface area contributed by atoms with Crippen molar-refractivity contribution < 1.29 is 27.4 Å². The van der Waals surface area contributed by atoms with Crippen molar-refractivity contribution in [3.05, 3.63) is 29.8 Å². The molecular weight excluding hydrogens is 338 g/mol. The summed E-state index contributed by atoms with van der Waals surface area (Å²) >= 11 is 0. The molecule has 0 saturated heterocycles. The van der Waals surface area contributed by atoms with Crippen molar-refractivity contribution in [2.75, 3.05) is 0 Å². The number of hydrogen-bond donors (Lipinski definition) is 2. The number of aliphatic hydroxyl groups is 1. The molecule has 0 radical (unpaired) electrons. The monoisotopic (exact) mass is 359 g/mol. The average molecular weight is 360 g/mol. The minimum atomic E-state index is -4.54. The van der Waals surface area contributed by atoms with Crippen LogP contribution in [-0.4, -0.2) is 23.7 Å². The zero-order chi connectivity index (χ0) is 16.9. The smallest absolute Gasteiger partial charge is 0.428 e. The molecule has 3 nitrogen and oxygen atoms in total. The van der Waals surface area contributed by atoms with Crippen LogP contribution in [-0.2, 0) is 0 Å². The Labute approximate surface area is 139 Å². The van der Waals surface area contributed by atoms with Crippen LogP contribution in [0.4, 0.5) is 17.6 Å². The third-order valence-electron chi connectivity index (χ3n) is 3.23. The second kappa shape index (κ2) is 9.30. The molecular formula is C15H22ClF4NO2. The molecule has 0 fully saturated rings. The van der Waals surface area contributed by atoms with Gasteiger partial charge in [-0.2, -0.15) is 17.6 Å². The van der Waals surface area contributed by atoms with Crippen LogP contribution in [0.25, 0.3) is 0 Å². The van der Waals surface area contributed by atoms with E-state index in [1.807, 2.05) is 13.8 Å². The van der Waals surface area contributed by atoms with Gasteiger partial charge in [0.1, 0.15) is 5.75 Å². The Kier molecular flexibility index (Phi) is 8.87. The van der Waals surface area contributed by atoms with Gasteiger partial charge in [0.25, 0.3) is 0 Å². The molecule has 1 aromatic rings. The van der Waals surface area contributed by atoms with Crippen LogP contribution in [0.3, 0.4) is 0 Å². The molecule has 1 aromatic carbocycles. The lowest BCUT2D eigenvalue weighted by molar-refractivity contribution is -0.253. The molecule has 0 spiro atoms. The van der Waals surface area contributed by atoms with Gasteiger partial charge in [0.15, 0.2) is 0 Å². The molecule has 8 heteroatoms. The minimum Gasteiger partial charge on any atom is -0.428 e. The second-order valence-electron chi connectivity index (χ2n) is 5.60. The Hall–Kier alpha value is -1.05. The van der Waals surface area contributed by atoms with Crippen LogP contribution in [0.2, 0.25) is 0 Å². The summed E-state index contributed by atoms with van der Waals surface area (Å²) in [5.41, 5.74) is 6.41. The normalized spacial score (nSPS) is 14.5. The number of ether oxygens (including phenoxy) is 1. The summed E-state index contributed by atoms with van der Waals surface area (Å²) in [6.07, 6.45) is -7.90. The summed E-state index contributed by atoms with van der Waals surface area (Å²) in [7, 11) is 0. The maximum absolute atomic E-state index is 12.8. The Bertz CT molecular complexity index is 457. The van der Waals surface area contributed by atoms with E-state index in [4.69, 9.17) is 5.73 Å². The second-order valence-corrected chi connectivity index (χ2v) is 5.60. The van der Waals surface area contributed by atoms with Gasteiger partial charge in [-0.3, -0.25) is 0 Å². The van der Waals surface area contributed by atoms with Crippen molar-refractivity contribution in [2.45, 2.75) is 51.4 Å². The van der Waals surface area contributed by atoms with E-state index in [2.05, 4.69) is 4.74 Å². The number of nitrogens with two attached hydrogens (primary N) is 1. The molecule has 0 aliphatic carbocycles. The lowest BCUT2D eigenvalue weighted by Crippen LogP contribution is -2.33. The zero-order valence-corrected chi connectivity index (χ0v) is 13.7. The number of halogens is 5. The fraction of sp³-hybridized carbons (Fsp3) is 0.600. The highest BCUT2D eigenvalue weighted by atomic mass is 35.5. The molecule has 2 atom stereocenters. The minimum absolute atomic E-state index is 0. The highest BCUT2D eigenvalue weighted by Gasteiger charge is 2.43. The fourth-order valence-corrected chi connectivity index (χ4v) is 1.87. The molecule has 0 saturated carbocycles. The number of aliphatic hydroxyl groups excluding tert-OH is 1. The van der Waals surface area contributed by atoms with E-state index in [1.54, 1.807) is 0 Å². The lowest BCUT2D eigenvalue weighted by Gasteiger charge is -2.21. The molecule has 0 aliphatic heterocycles. The standard InChI is InChI=1S/C15H21F4NO2.ClH/c1-9(2)3-8-12(21)13(20)10-4-6-11(7-5-10)22-15(18,19)14(16)17;/h4-7,9,12-14,21H,3,8,20H2,1-2H3;1H/t12-,13+;/m1./s1. The van der Waals surface area contributed by atoms with Gasteiger partial charge < -0.3 is 15.6 Å². The quantitative estimate of drug-likeness (QED) is 0.686. The molecule has 0 aliphatic rings. The number of hydrogen-bond acceptors (Lipinski definition) is 3. The van der Waals surface area contributed by atoms with Crippen molar-refractivity contribution in [1.29, 1.82) is 0 Å². The molecule has 0 bridgehead atoms. The van der Waals surface area contributed by atoms with Gasteiger partial charge in [-0.15, -0.1) is 12.4 Å². The van der Waals surface area contributed by atoms with Crippen molar-refractivity contribution in [1.82, 2.24) is 0 Å². The zero-order valence-electron chi connectivity index (χ0n) is 12.9. The number of rotatable bonds is 8. The van der Waals surface area contributed by atoms with Crippen LogP contribution in [0.1, 0.15) is 38.3 Å². The van der Waals surface area contributed by atoms with E-state index >= 15 is 0 Å². The van der Waals surface area contributed by atoms with Gasteiger partial charge in [-0.1, -0.05) is 26.0 Å². The molecule has 3 N–H and O–H groups in total. The van der Waals surface area contributed by atoms with Gasteiger partial charge in [0.2, 0.25) is 0 Å². The molecule has 0 amide bonds. The van der Waals surface area contributed by atoms with E-state index in [0.29, 0.717) is 17.9 Å². The molecule has 23 heavy (non-hydrogen) atoms. The van der Waals surface area contributed by atoms with Crippen molar-refractivity contribution >= 4 is 12.4 Å². The summed E-state index contributed by atoms with van der Waals surface area (Å²) in [6, 6.07) is 4.32. The SMILES string of the molecule is CC(C)CC[C@@H](O)[C@@H](N)c1ccc(OC(F)(F)C(F)F)cc1.Cl. The third-order valence-corrected chi connectivity index (χ3v) is 3.23. The average Bonchev–Trinajstić information content (AvgIpc) is 2.44. The van der Waals surface area contributed by atoms with E-state index in [1.165, 1.54) is 12.1 Å². The van der Waals surface area contributed by atoms with Crippen LogP contribution in [0.15, 0.2) is 24.3 Å². The van der Waals surface area contributed by atoms with Gasteiger partial charge in [-0.25, -0.2) is 0 Å². The summed E-state index contributed by atoms with van der Waals surface area (Å²) in [4.78, 5) is 0. The van der Waals surface area contributed by atoms with E-state index in [-0.39, 0.29) is 12.4 Å². The maximum atomic E-state index is 12.8. The Morgan fingerprint density at radius 1 is 1.13 bits per heavy atom. The largest absolute Gasteiger partial charge is 0.461 e. The van der Waals surface area contributed by atoms with Crippen LogP contribution < -0.4 is 10.5 Å². The number of alkyl halides is 4. The van der Waals surface area contributed by atoms with E-state index in [9.17, 15) is 22.7 Å². The molecule has 134 valence electrons. The first kappa shape index (κ1) is 21.9. The van der Waals surface area contributed by atoms with Gasteiger partial charge >= 0.3 is 12.5 Å². The summed E-state index contributed by atoms with van der Waals surface area (Å²) in [6.45, 7) is 4.04. The summed E-state index contributed by atoms with van der Waals surface area (Å²) < 4.78 is 53.5. The Morgan fingerprint density at radius 3 is 2.09 bits per heavy atom. The highest BCUT2D eigenvalue weighted by Crippen LogP contribution is 2.28. The highest BCUT2D eigenvalue weighted by molar-refractivity contribution is 5.85. The van der Waals surface area contributed by atoms with Crippen LogP contribution in [0.5, 0.6) is 5.75 Å². The van der Waals surface area contributed by atoms with Crippen molar-refractivity contribution in [3.8, 4) is 5.75 Å². The topological polar surface area (TPSA) is 55.5 Å². The predicted octanol–water partition coefficient (Wildman–Crippen LogP) is 4.14. The van der Waals surface area contributed by atoms with Gasteiger partial charge in [0, 0.05) is 0 Å². The van der Waals surface area contributed by atoms with Crippen LogP contribution in [0, 0.1) is 5.92 Å². The maximum Gasteiger partial charge on any atom is 0.461 e. The number of benzene rings is 1. The van der Waals surface area contributed by atoms with Crippen molar-refractivity contribution in [3.63, 3.8) is 0 Å². The van der Waals surface area contributed by atoms with Crippen molar-refractivity contribution in [2.24, 2.45) is 11.7 Å².